The highest BCUT2D eigenvalue weighted by Gasteiger charge is 2.54. The Bertz CT molecular complexity index is 1450. The molecule has 1 aromatic heterocycles. The number of hydrazine groups is 1. The van der Waals surface area contributed by atoms with Crippen LogP contribution in [0, 0.1) is 11.8 Å². The zero-order valence-corrected chi connectivity index (χ0v) is 24.6. The molecule has 0 bridgehead atoms. The zero-order chi connectivity index (χ0) is 28.6. The number of Topliss-reactive ketones (excluding diaryl/α,β-unsaturated/α-hetero) is 1. The predicted octanol–water partition coefficient (Wildman–Crippen LogP) is 5.31. The number of ether oxygens (including phenoxy) is 1. The Morgan fingerprint density at radius 1 is 0.925 bits per heavy atom. The molecule has 2 aliphatic rings. The molecule has 2 aromatic carbocycles. The number of carbonyl (C=O) groups excluding carboxylic acids is 5. The first-order valence-corrected chi connectivity index (χ1v) is 14.5. The lowest BCUT2D eigenvalue weighted by Gasteiger charge is -2.30. The summed E-state index contributed by atoms with van der Waals surface area (Å²) < 4.78 is 10.2. The number of alkyl halides is 2. The van der Waals surface area contributed by atoms with E-state index < -0.39 is 47.9 Å². The fraction of sp³-hybridized carbons (Fsp3) is 0.250. The summed E-state index contributed by atoms with van der Waals surface area (Å²) in [4.78, 5) is 66.1. The van der Waals surface area contributed by atoms with E-state index in [-0.39, 0.29) is 37.3 Å². The first kappa shape index (κ1) is 28.3. The molecule has 9 nitrogen and oxygen atoms in total. The molecule has 1 saturated carbocycles. The van der Waals surface area contributed by atoms with Crippen molar-refractivity contribution in [1.29, 1.82) is 0 Å². The van der Waals surface area contributed by atoms with Crippen molar-refractivity contribution in [3.8, 4) is 5.75 Å². The molecule has 206 valence electrons. The van der Waals surface area contributed by atoms with Crippen LogP contribution < -0.4 is 4.74 Å². The molecule has 3 aromatic rings. The second kappa shape index (κ2) is 11.7. The molecule has 5 rings (SSSR count). The van der Waals surface area contributed by atoms with E-state index in [4.69, 9.17) is 20.8 Å². The molecule has 0 radical (unpaired) electrons. The lowest BCUT2D eigenvalue weighted by atomic mass is 9.81. The van der Waals surface area contributed by atoms with E-state index in [0.717, 1.165) is 10.0 Å². The minimum atomic E-state index is -0.755. The number of hydrogen-bond donors (Lipinski definition) is 0. The summed E-state index contributed by atoms with van der Waals surface area (Å²) in [6.07, 6.45) is 2.15. The maximum atomic E-state index is 13.7. The van der Waals surface area contributed by atoms with Gasteiger partial charge in [-0.25, -0.2) is 9.80 Å². The summed E-state index contributed by atoms with van der Waals surface area (Å²) in [7, 11) is 0. The van der Waals surface area contributed by atoms with Crippen LogP contribution in [-0.2, 0) is 9.59 Å². The van der Waals surface area contributed by atoms with Crippen molar-refractivity contribution < 1.29 is 33.1 Å². The van der Waals surface area contributed by atoms with E-state index in [1.807, 2.05) is 0 Å². The number of ketones is 1. The largest absolute Gasteiger partial charge is 0.457 e. The average molecular weight is 693 g/mol. The van der Waals surface area contributed by atoms with Crippen molar-refractivity contribution >= 4 is 72.9 Å². The molecule has 40 heavy (non-hydrogen) atoms. The van der Waals surface area contributed by atoms with E-state index in [1.165, 1.54) is 48.7 Å². The predicted molar refractivity (Wildman–Crippen MR) is 150 cm³/mol. The van der Waals surface area contributed by atoms with Gasteiger partial charge in [0.05, 0.1) is 28.7 Å². The second-order valence-electron chi connectivity index (χ2n) is 9.36. The smallest absolute Gasteiger partial charge is 0.379 e. The van der Waals surface area contributed by atoms with Gasteiger partial charge in [0.25, 0.3) is 17.7 Å². The third-order valence-electron chi connectivity index (χ3n) is 6.87. The van der Waals surface area contributed by atoms with Gasteiger partial charge in [0, 0.05) is 15.2 Å². The van der Waals surface area contributed by atoms with Crippen molar-refractivity contribution in [3.05, 3.63) is 88.8 Å². The topological polar surface area (TPSA) is 114 Å². The van der Waals surface area contributed by atoms with Crippen LogP contribution in [0.5, 0.6) is 5.75 Å². The highest BCUT2D eigenvalue weighted by atomic mass is 79.9. The number of esters is 1. The highest BCUT2D eigenvalue weighted by Crippen LogP contribution is 2.43. The van der Waals surface area contributed by atoms with Gasteiger partial charge in [-0.2, -0.15) is 5.01 Å². The fourth-order valence-corrected chi connectivity index (χ4v) is 6.26. The van der Waals surface area contributed by atoms with Gasteiger partial charge in [-0.1, -0.05) is 55.6 Å². The van der Waals surface area contributed by atoms with Gasteiger partial charge in [-0.05, 0) is 61.4 Å². The molecule has 1 saturated heterocycles. The molecule has 2 heterocycles. The van der Waals surface area contributed by atoms with Crippen LogP contribution in [-0.4, -0.2) is 55.7 Å². The molecule has 3 amide bonds. The maximum absolute atomic E-state index is 13.7. The lowest BCUT2D eigenvalue weighted by Crippen LogP contribution is -2.52. The third-order valence-corrected chi connectivity index (χ3v) is 9.93. The summed E-state index contributed by atoms with van der Waals surface area (Å²) in [6, 6.07) is 14.9. The zero-order valence-electron chi connectivity index (χ0n) is 20.7. The van der Waals surface area contributed by atoms with Gasteiger partial charge < -0.3 is 9.15 Å². The molecular formula is C28H21Br2ClN2O7. The van der Waals surface area contributed by atoms with E-state index in [0.29, 0.717) is 12.8 Å². The van der Waals surface area contributed by atoms with Crippen LogP contribution in [0.15, 0.2) is 71.3 Å². The minimum absolute atomic E-state index is 0.0202. The monoisotopic (exact) mass is 690 g/mol. The number of halogens is 3. The van der Waals surface area contributed by atoms with Gasteiger partial charge in [-0.3, -0.25) is 19.2 Å². The number of hydrogen-bond acceptors (Lipinski definition) is 7. The van der Waals surface area contributed by atoms with Gasteiger partial charge in [0.1, 0.15) is 12.3 Å². The van der Waals surface area contributed by atoms with Crippen molar-refractivity contribution in [2.75, 3.05) is 6.54 Å². The summed E-state index contributed by atoms with van der Waals surface area (Å²) >= 11 is 13.4. The number of fused-ring (bicyclic) bond motifs is 1. The molecule has 1 aliphatic carbocycles. The Hall–Kier alpha value is -3.28. The Kier molecular flexibility index (Phi) is 8.25. The number of nitrogens with zero attached hydrogens (tertiary/aromatic N) is 2. The third kappa shape index (κ3) is 5.50. The van der Waals surface area contributed by atoms with Crippen molar-refractivity contribution in [1.82, 2.24) is 10.0 Å². The number of furan rings is 1. The van der Waals surface area contributed by atoms with Gasteiger partial charge >= 0.3 is 5.97 Å². The number of rotatable bonds is 7. The van der Waals surface area contributed by atoms with Gasteiger partial charge in [0.15, 0.2) is 5.78 Å². The average Bonchev–Trinajstić information content (AvgIpc) is 3.56. The molecule has 0 unspecified atom stereocenters. The Balaban J connectivity index is 1.40. The molecule has 0 spiro atoms. The normalized spacial score (nSPS) is 22.1. The Morgan fingerprint density at radius 2 is 1.55 bits per heavy atom. The van der Waals surface area contributed by atoms with Crippen LogP contribution in [0.3, 0.4) is 0 Å². The van der Waals surface area contributed by atoms with E-state index in [1.54, 1.807) is 18.2 Å². The fourth-order valence-electron chi connectivity index (χ4n) is 4.81. The van der Waals surface area contributed by atoms with Crippen LogP contribution in [0.2, 0.25) is 5.02 Å². The number of carbonyl (C=O) groups is 5. The standard InChI is InChI=1S/C28H21Br2ClN2O7/c29-20-12-18-19(13-21(20)30)27(37)33(26(18)36)32(25(35)17-4-1-2-5-22(17)31)14-23(34)15-7-9-16(10-8-15)40-28(38)24-6-3-11-39-24/h1-11,18-21H,12-14H2/t18-,19-,20-,21+/m1/s1. The summed E-state index contributed by atoms with van der Waals surface area (Å²) in [5.74, 6) is -4.12. The van der Waals surface area contributed by atoms with Crippen molar-refractivity contribution in [3.63, 3.8) is 0 Å². The molecule has 12 heteroatoms. The molecule has 4 atom stereocenters. The van der Waals surface area contributed by atoms with Crippen LogP contribution in [0.25, 0.3) is 0 Å². The van der Waals surface area contributed by atoms with E-state index in [2.05, 4.69) is 31.9 Å². The van der Waals surface area contributed by atoms with Gasteiger partial charge in [-0.15, -0.1) is 0 Å². The van der Waals surface area contributed by atoms with E-state index >= 15 is 0 Å². The molecule has 1 aliphatic heterocycles. The molecular weight excluding hydrogens is 672 g/mol. The first-order valence-electron chi connectivity index (χ1n) is 12.3. The molecule has 0 N–H and O–H groups in total. The number of amides is 3. The van der Waals surface area contributed by atoms with E-state index in [9.17, 15) is 24.0 Å². The van der Waals surface area contributed by atoms with Crippen LogP contribution >= 0.6 is 43.5 Å². The summed E-state index contributed by atoms with van der Waals surface area (Å²) in [5, 5.41) is 1.80. The summed E-state index contributed by atoms with van der Waals surface area (Å²) in [6.45, 7) is -0.595. The first-order chi connectivity index (χ1) is 19.2. The Labute approximate surface area is 250 Å². The lowest BCUT2D eigenvalue weighted by molar-refractivity contribution is -0.154. The minimum Gasteiger partial charge on any atom is -0.457 e. The van der Waals surface area contributed by atoms with Crippen LogP contribution in [0.4, 0.5) is 0 Å². The Morgan fingerprint density at radius 3 is 2.12 bits per heavy atom. The SMILES string of the molecule is O=C(CN(C(=O)c1ccccc1Cl)N1C(=O)[C@@H]2C[C@@H](Br)[C@@H](Br)C[C@H]2C1=O)c1ccc(OC(=O)c2ccco2)cc1. The highest BCUT2D eigenvalue weighted by molar-refractivity contribution is 9.12. The number of benzene rings is 2. The van der Waals surface area contributed by atoms with Crippen molar-refractivity contribution in [2.45, 2.75) is 22.5 Å². The van der Waals surface area contributed by atoms with Gasteiger partial charge in [0.2, 0.25) is 5.76 Å². The quantitative estimate of drug-likeness (QED) is 0.108. The maximum Gasteiger partial charge on any atom is 0.379 e. The van der Waals surface area contributed by atoms with Crippen molar-refractivity contribution in [2.24, 2.45) is 11.8 Å². The van der Waals surface area contributed by atoms with Crippen LogP contribution in [0.1, 0.15) is 44.1 Å². The summed E-state index contributed by atoms with van der Waals surface area (Å²) in [5.41, 5.74) is 0.219. The second-order valence-corrected chi connectivity index (χ2v) is 12.1. The number of imide groups is 1. The molecule has 2 fully saturated rings.